The number of methoxy groups -OCH3 is 1. The second-order valence-electron chi connectivity index (χ2n) is 7.21. The Balaban J connectivity index is 1.61. The predicted molar refractivity (Wildman–Crippen MR) is 128 cm³/mol. The summed E-state index contributed by atoms with van der Waals surface area (Å²) in [5.74, 6) is 1.30. The molecule has 4 aromatic rings. The van der Waals surface area contributed by atoms with E-state index < -0.39 is 0 Å². The van der Waals surface area contributed by atoms with Gasteiger partial charge < -0.3 is 14.8 Å². The summed E-state index contributed by atoms with van der Waals surface area (Å²) in [6, 6.07) is 22.4. The second-order valence-corrected chi connectivity index (χ2v) is 7.65. The molecule has 0 bridgehead atoms. The number of ether oxygens (including phenoxy) is 2. The van der Waals surface area contributed by atoms with E-state index in [0.29, 0.717) is 29.5 Å². The SMILES string of the molecule is CCOc1cc(-c2cccc(Cl)c2)nc2ccc(C(=O)NCc3ccc(OC)cc3)cc12. The fourth-order valence-electron chi connectivity index (χ4n) is 3.43. The van der Waals surface area contributed by atoms with Crippen LogP contribution in [0.1, 0.15) is 22.8 Å². The minimum Gasteiger partial charge on any atom is -0.497 e. The Bertz CT molecular complexity index is 1260. The molecule has 1 heterocycles. The van der Waals surface area contributed by atoms with Gasteiger partial charge >= 0.3 is 0 Å². The van der Waals surface area contributed by atoms with E-state index in [1.54, 1.807) is 13.2 Å². The van der Waals surface area contributed by atoms with Gasteiger partial charge in [0.25, 0.3) is 5.91 Å². The van der Waals surface area contributed by atoms with Crippen molar-refractivity contribution in [3.63, 3.8) is 0 Å². The first-order valence-corrected chi connectivity index (χ1v) is 10.7. The van der Waals surface area contributed by atoms with Crippen molar-refractivity contribution in [1.82, 2.24) is 10.3 Å². The van der Waals surface area contributed by atoms with Crippen LogP contribution in [0.4, 0.5) is 0 Å². The fourth-order valence-corrected chi connectivity index (χ4v) is 3.62. The average Bonchev–Trinajstić information content (AvgIpc) is 2.82. The Labute approximate surface area is 192 Å². The molecule has 1 amide bonds. The molecule has 0 spiro atoms. The molecule has 0 radical (unpaired) electrons. The highest BCUT2D eigenvalue weighted by Crippen LogP contribution is 2.31. The van der Waals surface area contributed by atoms with Crippen LogP contribution < -0.4 is 14.8 Å². The number of hydrogen-bond donors (Lipinski definition) is 1. The van der Waals surface area contributed by atoms with Crippen LogP contribution in [0.2, 0.25) is 5.02 Å². The molecular formula is C26H23ClN2O3. The Morgan fingerprint density at radius 1 is 1.03 bits per heavy atom. The summed E-state index contributed by atoms with van der Waals surface area (Å²) in [4.78, 5) is 17.5. The first kappa shape index (κ1) is 21.7. The number of rotatable bonds is 7. The van der Waals surface area contributed by atoms with E-state index in [1.165, 1.54) is 0 Å². The third-order valence-electron chi connectivity index (χ3n) is 5.07. The summed E-state index contributed by atoms with van der Waals surface area (Å²) in [6.07, 6.45) is 0. The van der Waals surface area contributed by atoms with Gasteiger partial charge in [-0.3, -0.25) is 4.79 Å². The highest BCUT2D eigenvalue weighted by Gasteiger charge is 2.13. The summed E-state index contributed by atoms with van der Waals surface area (Å²) in [6.45, 7) is 2.85. The normalized spacial score (nSPS) is 10.7. The average molecular weight is 447 g/mol. The van der Waals surface area contributed by atoms with Gasteiger partial charge in [0.2, 0.25) is 0 Å². The summed E-state index contributed by atoms with van der Waals surface area (Å²) in [5, 5.41) is 4.39. The maximum absolute atomic E-state index is 12.8. The molecular weight excluding hydrogens is 424 g/mol. The number of halogens is 1. The highest BCUT2D eigenvalue weighted by atomic mass is 35.5. The predicted octanol–water partition coefficient (Wildman–Crippen LogP) is 5.89. The molecule has 6 heteroatoms. The van der Waals surface area contributed by atoms with Gasteiger partial charge in [-0.1, -0.05) is 35.9 Å². The van der Waals surface area contributed by atoms with Crippen molar-refractivity contribution in [3.05, 3.63) is 88.9 Å². The number of aromatic nitrogens is 1. The zero-order valence-electron chi connectivity index (χ0n) is 17.9. The molecule has 0 aliphatic heterocycles. The lowest BCUT2D eigenvalue weighted by Crippen LogP contribution is -2.22. The van der Waals surface area contributed by atoms with Crippen molar-refractivity contribution < 1.29 is 14.3 Å². The molecule has 0 unspecified atom stereocenters. The monoisotopic (exact) mass is 446 g/mol. The van der Waals surface area contributed by atoms with E-state index in [-0.39, 0.29) is 5.91 Å². The second kappa shape index (κ2) is 9.71. The van der Waals surface area contributed by atoms with E-state index in [1.807, 2.05) is 73.7 Å². The third kappa shape index (κ3) is 4.84. The van der Waals surface area contributed by atoms with Crippen LogP contribution >= 0.6 is 11.6 Å². The largest absolute Gasteiger partial charge is 0.497 e. The summed E-state index contributed by atoms with van der Waals surface area (Å²) in [5.41, 5.74) is 3.95. The number of amides is 1. The third-order valence-corrected chi connectivity index (χ3v) is 5.30. The molecule has 0 atom stereocenters. The number of nitrogens with zero attached hydrogens (tertiary/aromatic N) is 1. The molecule has 1 N–H and O–H groups in total. The lowest BCUT2D eigenvalue weighted by molar-refractivity contribution is 0.0951. The standard InChI is InChI=1S/C26H23ClN2O3/c1-3-32-25-15-24(18-5-4-6-20(27)13-18)29-23-12-9-19(14-22(23)25)26(30)28-16-17-7-10-21(31-2)11-8-17/h4-15H,3,16H2,1-2H3,(H,28,30). The maximum atomic E-state index is 12.8. The number of carbonyl (C=O) groups is 1. The molecule has 1 aromatic heterocycles. The van der Waals surface area contributed by atoms with Crippen molar-refractivity contribution in [2.24, 2.45) is 0 Å². The first-order chi connectivity index (χ1) is 15.6. The first-order valence-electron chi connectivity index (χ1n) is 10.3. The van der Waals surface area contributed by atoms with Crippen molar-refractivity contribution in [1.29, 1.82) is 0 Å². The number of pyridine rings is 1. The minimum absolute atomic E-state index is 0.163. The topological polar surface area (TPSA) is 60.5 Å². The molecule has 162 valence electrons. The van der Waals surface area contributed by atoms with E-state index in [9.17, 15) is 4.79 Å². The summed E-state index contributed by atoms with van der Waals surface area (Å²) >= 11 is 6.15. The quantitative estimate of drug-likeness (QED) is 0.384. The van der Waals surface area contributed by atoms with Gasteiger partial charge in [-0.05, 0) is 55.0 Å². The molecule has 0 aliphatic rings. The molecule has 0 fully saturated rings. The van der Waals surface area contributed by atoms with Gasteiger partial charge in [0.15, 0.2) is 0 Å². The van der Waals surface area contributed by atoms with Gasteiger partial charge in [0, 0.05) is 34.1 Å². The summed E-state index contributed by atoms with van der Waals surface area (Å²) in [7, 11) is 1.62. The van der Waals surface area contributed by atoms with Crippen LogP contribution in [-0.4, -0.2) is 24.6 Å². The fraction of sp³-hybridized carbons (Fsp3) is 0.154. The van der Waals surface area contributed by atoms with E-state index in [4.69, 9.17) is 26.1 Å². The van der Waals surface area contributed by atoms with E-state index >= 15 is 0 Å². The van der Waals surface area contributed by atoms with Crippen LogP contribution in [0, 0.1) is 0 Å². The molecule has 4 rings (SSSR count). The zero-order chi connectivity index (χ0) is 22.5. The van der Waals surface area contributed by atoms with Crippen molar-refractivity contribution >= 4 is 28.4 Å². The number of nitrogens with one attached hydrogen (secondary N) is 1. The van der Waals surface area contributed by atoms with Gasteiger partial charge in [-0.15, -0.1) is 0 Å². The number of carbonyl (C=O) groups excluding carboxylic acids is 1. The number of hydrogen-bond acceptors (Lipinski definition) is 4. The Hall–Kier alpha value is -3.57. The van der Waals surface area contributed by atoms with Crippen LogP contribution in [-0.2, 0) is 6.54 Å². The van der Waals surface area contributed by atoms with Crippen LogP contribution in [0.3, 0.4) is 0 Å². The summed E-state index contributed by atoms with van der Waals surface area (Å²) < 4.78 is 11.0. The Kier molecular flexibility index (Phi) is 6.57. The molecule has 0 aliphatic carbocycles. The number of benzene rings is 3. The van der Waals surface area contributed by atoms with Crippen molar-refractivity contribution in [3.8, 4) is 22.8 Å². The Morgan fingerprint density at radius 3 is 2.56 bits per heavy atom. The van der Waals surface area contributed by atoms with Gasteiger partial charge in [0.05, 0.1) is 24.9 Å². The van der Waals surface area contributed by atoms with Gasteiger partial charge in [-0.2, -0.15) is 0 Å². The maximum Gasteiger partial charge on any atom is 0.251 e. The van der Waals surface area contributed by atoms with Gasteiger partial charge in [0.1, 0.15) is 11.5 Å². The molecule has 3 aromatic carbocycles. The van der Waals surface area contributed by atoms with Crippen LogP contribution in [0.15, 0.2) is 72.8 Å². The van der Waals surface area contributed by atoms with Crippen molar-refractivity contribution in [2.75, 3.05) is 13.7 Å². The molecule has 5 nitrogen and oxygen atoms in total. The van der Waals surface area contributed by atoms with Gasteiger partial charge in [-0.25, -0.2) is 4.98 Å². The van der Waals surface area contributed by atoms with Crippen LogP contribution in [0.25, 0.3) is 22.2 Å². The number of fused-ring (bicyclic) bond motifs is 1. The lowest BCUT2D eigenvalue weighted by atomic mass is 10.1. The molecule has 0 saturated heterocycles. The zero-order valence-corrected chi connectivity index (χ0v) is 18.6. The smallest absolute Gasteiger partial charge is 0.251 e. The molecule has 0 saturated carbocycles. The van der Waals surface area contributed by atoms with Crippen LogP contribution in [0.5, 0.6) is 11.5 Å². The lowest BCUT2D eigenvalue weighted by Gasteiger charge is -2.12. The van der Waals surface area contributed by atoms with E-state index in [0.717, 1.165) is 33.5 Å². The van der Waals surface area contributed by atoms with E-state index in [2.05, 4.69) is 5.32 Å². The molecule has 32 heavy (non-hydrogen) atoms. The Morgan fingerprint density at radius 2 is 1.84 bits per heavy atom. The highest BCUT2D eigenvalue weighted by molar-refractivity contribution is 6.30. The minimum atomic E-state index is -0.163. The van der Waals surface area contributed by atoms with Crippen molar-refractivity contribution in [2.45, 2.75) is 13.5 Å².